The quantitative estimate of drug-likeness (QED) is 0.812. The van der Waals surface area contributed by atoms with Crippen LogP contribution in [0.5, 0.6) is 0 Å². The maximum absolute atomic E-state index is 9.81. The first-order valence-corrected chi connectivity index (χ1v) is 6.34. The molecule has 0 aromatic carbocycles. The van der Waals surface area contributed by atoms with Gasteiger partial charge in [-0.3, -0.25) is 4.98 Å². The van der Waals surface area contributed by atoms with Crippen LogP contribution in [-0.4, -0.2) is 34.9 Å². The average molecular weight is 252 g/mol. The number of nitrogens with zero attached hydrogens (tertiary/aromatic N) is 1. The van der Waals surface area contributed by atoms with Crippen molar-refractivity contribution in [2.75, 3.05) is 13.2 Å². The van der Waals surface area contributed by atoms with Crippen LogP contribution >= 0.6 is 0 Å². The lowest BCUT2D eigenvalue weighted by Crippen LogP contribution is -2.34. The van der Waals surface area contributed by atoms with Crippen molar-refractivity contribution in [2.45, 2.75) is 45.4 Å². The standard InChI is InChI=1S/C14H24N2O2/c1-11(12-6-5-7-15-8-12)16-9-13(17)10-18-14(2,3)4/h5-8,11,13,16-17H,9-10H2,1-4H3/t11-,13?/m0/s1. The van der Waals surface area contributed by atoms with E-state index in [4.69, 9.17) is 4.74 Å². The maximum atomic E-state index is 9.81. The number of nitrogens with one attached hydrogen (secondary N) is 1. The van der Waals surface area contributed by atoms with Gasteiger partial charge < -0.3 is 15.2 Å². The summed E-state index contributed by atoms with van der Waals surface area (Å²) in [5.74, 6) is 0. The molecular formula is C14H24N2O2. The van der Waals surface area contributed by atoms with E-state index in [9.17, 15) is 5.11 Å². The van der Waals surface area contributed by atoms with Crippen LogP contribution in [0.1, 0.15) is 39.3 Å². The van der Waals surface area contributed by atoms with E-state index in [1.165, 1.54) is 0 Å². The second kappa shape index (κ2) is 6.83. The van der Waals surface area contributed by atoms with Gasteiger partial charge in [-0.2, -0.15) is 0 Å². The van der Waals surface area contributed by atoms with Crippen LogP contribution in [0.15, 0.2) is 24.5 Å². The Morgan fingerprint density at radius 3 is 2.72 bits per heavy atom. The van der Waals surface area contributed by atoms with Crippen LogP contribution in [-0.2, 0) is 4.74 Å². The molecule has 0 amide bonds. The van der Waals surface area contributed by atoms with E-state index in [1.54, 1.807) is 6.20 Å². The molecule has 0 saturated carbocycles. The molecule has 0 bridgehead atoms. The Morgan fingerprint density at radius 2 is 2.17 bits per heavy atom. The van der Waals surface area contributed by atoms with Gasteiger partial charge >= 0.3 is 0 Å². The van der Waals surface area contributed by atoms with Crippen LogP contribution < -0.4 is 5.32 Å². The molecule has 2 N–H and O–H groups in total. The summed E-state index contributed by atoms with van der Waals surface area (Å²) in [6.45, 7) is 8.83. The Bertz CT molecular complexity index is 335. The highest BCUT2D eigenvalue weighted by Crippen LogP contribution is 2.10. The number of aliphatic hydroxyl groups excluding tert-OH is 1. The number of rotatable bonds is 6. The van der Waals surface area contributed by atoms with Gasteiger partial charge in [0.2, 0.25) is 0 Å². The Kier molecular flexibility index (Phi) is 5.72. The molecule has 1 aromatic heterocycles. The van der Waals surface area contributed by atoms with Crippen molar-refractivity contribution in [3.63, 3.8) is 0 Å². The summed E-state index contributed by atoms with van der Waals surface area (Å²) in [6, 6.07) is 4.10. The maximum Gasteiger partial charge on any atom is 0.0898 e. The van der Waals surface area contributed by atoms with E-state index in [2.05, 4.69) is 10.3 Å². The average Bonchev–Trinajstić information content (AvgIpc) is 2.33. The van der Waals surface area contributed by atoms with E-state index in [1.807, 2.05) is 46.0 Å². The predicted molar refractivity (Wildman–Crippen MR) is 72.4 cm³/mol. The third-order valence-electron chi connectivity index (χ3n) is 2.55. The van der Waals surface area contributed by atoms with Gasteiger partial charge in [-0.25, -0.2) is 0 Å². The summed E-state index contributed by atoms with van der Waals surface area (Å²) in [6.07, 6.45) is 3.08. The Balaban J connectivity index is 2.28. The number of aliphatic hydroxyl groups is 1. The van der Waals surface area contributed by atoms with Gasteiger partial charge in [0.05, 0.1) is 18.3 Å². The number of hydrogen-bond acceptors (Lipinski definition) is 4. The van der Waals surface area contributed by atoms with Gasteiger partial charge in [0, 0.05) is 25.0 Å². The predicted octanol–water partition coefficient (Wildman–Crippen LogP) is 1.91. The highest BCUT2D eigenvalue weighted by atomic mass is 16.5. The lowest BCUT2D eigenvalue weighted by molar-refractivity contribution is -0.0482. The molecule has 1 rings (SSSR count). The van der Waals surface area contributed by atoms with E-state index in [0.29, 0.717) is 13.2 Å². The molecular weight excluding hydrogens is 228 g/mol. The summed E-state index contributed by atoms with van der Waals surface area (Å²) in [7, 11) is 0. The van der Waals surface area contributed by atoms with Crippen LogP contribution in [0.25, 0.3) is 0 Å². The van der Waals surface area contributed by atoms with Crippen molar-refractivity contribution in [1.82, 2.24) is 10.3 Å². The Morgan fingerprint density at radius 1 is 1.44 bits per heavy atom. The normalized spacial score (nSPS) is 15.4. The minimum Gasteiger partial charge on any atom is -0.389 e. The molecule has 0 aliphatic rings. The second-order valence-corrected chi connectivity index (χ2v) is 5.49. The first kappa shape index (κ1) is 15.1. The van der Waals surface area contributed by atoms with Crippen molar-refractivity contribution < 1.29 is 9.84 Å². The zero-order chi connectivity index (χ0) is 13.6. The van der Waals surface area contributed by atoms with Crippen molar-refractivity contribution >= 4 is 0 Å². The molecule has 0 fully saturated rings. The summed E-state index contributed by atoms with van der Waals surface area (Å²) in [5.41, 5.74) is 0.900. The monoisotopic (exact) mass is 252 g/mol. The van der Waals surface area contributed by atoms with E-state index >= 15 is 0 Å². The fourth-order valence-electron chi connectivity index (χ4n) is 1.47. The second-order valence-electron chi connectivity index (χ2n) is 5.49. The highest BCUT2D eigenvalue weighted by Gasteiger charge is 2.14. The molecule has 1 unspecified atom stereocenters. The Hall–Kier alpha value is -0.970. The van der Waals surface area contributed by atoms with Crippen molar-refractivity contribution in [1.29, 1.82) is 0 Å². The van der Waals surface area contributed by atoms with Crippen LogP contribution in [0, 0.1) is 0 Å². The zero-order valence-electron chi connectivity index (χ0n) is 11.7. The summed E-state index contributed by atoms with van der Waals surface area (Å²) in [4.78, 5) is 4.07. The molecule has 1 aromatic rings. The van der Waals surface area contributed by atoms with E-state index in [-0.39, 0.29) is 11.6 Å². The molecule has 4 nitrogen and oxygen atoms in total. The van der Waals surface area contributed by atoms with Gasteiger partial charge in [-0.05, 0) is 39.3 Å². The van der Waals surface area contributed by atoms with Crippen molar-refractivity contribution in [3.05, 3.63) is 30.1 Å². The molecule has 4 heteroatoms. The van der Waals surface area contributed by atoms with Gasteiger partial charge in [-0.1, -0.05) is 6.07 Å². The first-order chi connectivity index (χ1) is 8.38. The van der Waals surface area contributed by atoms with Crippen LogP contribution in [0.4, 0.5) is 0 Å². The minimum absolute atomic E-state index is 0.169. The fraction of sp³-hybridized carbons (Fsp3) is 0.643. The minimum atomic E-state index is -0.497. The molecule has 2 atom stereocenters. The SMILES string of the molecule is C[C@H](NCC(O)COC(C)(C)C)c1cccnc1. The fourth-order valence-corrected chi connectivity index (χ4v) is 1.47. The lowest BCUT2D eigenvalue weighted by atomic mass is 10.1. The first-order valence-electron chi connectivity index (χ1n) is 6.34. The summed E-state index contributed by atoms with van der Waals surface area (Å²) in [5, 5.41) is 13.1. The molecule has 0 aliphatic carbocycles. The van der Waals surface area contributed by atoms with Crippen molar-refractivity contribution in [3.8, 4) is 0 Å². The third kappa shape index (κ3) is 6.10. The largest absolute Gasteiger partial charge is 0.389 e. The third-order valence-corrected chi connectivity index (χ3v) is 2.55. The molecule has 0 spiro atoms. The van der Waals surface area contributed by atoms with Gasteiger partial charge in [0.25, 0.3) is 0 Å². The number of aromatic nitrogens is 1. The number of hydrogen-bond donors (Lipinski definition) is 2. The van der Waals surface area contributed by atoms with Crippen LogP contribution in [0.3, 0.4) is 0 Å². The van der Waals surface area contributed by atoms with Crippen LogP contribution in [0.2, 0.25) is 0 Å². The number of ether oxygens (including phenoxy) is 1. The van der Waals surface area contributed by atoms with Gasteiger partial charge in [0.15, 0.2) is 0 Å². The topological polar surface area (TPSA) is 54.4 Å². The smallest absolute Gasteiger partial charge is 0.0898 e. The molecule has 102 valence electrons. The highest BCUT2D eigenvalue weighted by molar-refractivity contribution is 5.12. The van der Waals surface area contributed by atoms with E-state index < -0.39 is 6.10 Å². The molecule has 1 heterocycles. The van der Waals surface area contributed by atoms with Gasteiger partial charge in [-0.15, -0.1) is 0 Å². The molecule has 18 heavy (non-hydrogen) atoms. The Labute approximate surface area is 109 Å². The lowest BCUT2D eigenvalue weighted by Gasteiger charge is -2.23. The number of pyridine rings is 1. The molecule has 0 radical (unpaired) electrons. The van der Waals surface area contributed by atoms with E-state index in [0.717, 1.165) is 5.56 Å². The summed E-state index contributed by atoms with van der Waals surface area (Å²) >= 11 is 0. The zero-order valence-corrected chi connectivity index (χ0v) is 11.7. The van der Waals surface area contributed by atoms with Crippen molar-refractivity contribution in [2.24, 2.45) is 0 Å². The van der Waals surface area contributed by atoms with Gasteiger partial charge in [0.1, 0.15) is 0 Å². The molecule has 0 saturated heterocycles. The molecule has 0 aliphatic heterocycles. The summed E-state index contributed by atoms with van der Waals surface area (Å²) < 4.78 is 5.53.